The Bertz CT molecular complexity index is 554. The topological polar surface area (TPSA) is 64.3 Å². The van der Waals surface area contributed by atoms with Crippen LogP contribution in [0.2, 0.25) is 0 Å². The zero-order valence-corrected chi connectivity index (χ0v) is 11.4. The minimum Gasteiger partial charge on any atom is -0.497 e. The summed E-state index contributed by atoms with van der Waals surface area (Å²) in [7, 11) is 3.58. The van der Waals surface area contributed by atoms with Gasteiger partial charge in [0.2, 0.25) is 5.95 Å². The Morgan fingerprint density at radius 1 is 1.21 bits per heavy atom. The molecule has 0 atom stereocenters. The van der Waals surface area contributed by atoms with Crippen LogP contribution in [0.25, 0.3) is 0 Å². The molecule has 0 aliphatic carbocycles. The molecule has 5 nitrogen and oxygen atoms in total. The molecule has 1 aromatic heterocycles. The Morgan fingerprint density at radius 2 is 1.89 bits per heavy atom. The first-order valence-electron chi connectivity index (χ1n) is 6.06. The summed E-state index contributed by atoms with van der Waals surface area (Å²) in [6, 6.07) is 9.64. The van der Waals surface area contributed by atoms with Crippen molar-refractivity contribution in [1.82, 2.24) is 9.97 Å². The summed E-state index contributed by atoms with van der Waals surface area (Å²) in [5.74, 6) is 1.47. The lowest BCUT2D eigenvalue weighted by atomic mass is 10.3. The summed E-state index contributed by atoms with van der Waals surface area (Å²) in [4.78, 5) is 10.8. The lowest BCUT2D eigenvalue weighted by Crippen LogP contribution is -2.15. The molecule has 0 saturated heterocycles. The van der Waals surface area contributed by atoms with E-state index in [4.69, 9.17) is 10.5 Å². The van der Waals surface area contributed by atoms with Gasteiger partial charge in [0.25, 0.3) is 0 Å². The highest BCUT2D eigenvalue weighted by molar-refractivity contribution is 5.57. The Balaban J connectivity index is 2.31. The maximum atomic E-state index is 5.64. The molecule has 1 aromatic carbocycles. The molecule has 0 fully saturated rings. The lowest BCUT2D eigenvalue weighted by Gasteiger charge is -2.18. The number of methoxy groups -OCH3 is 1. The summed E-state index contributed by atoms with van der Waals surface area (Å²) in [6.07, 6.45) is 0. The second kappa shape index (κ2) is 5.67. The molecular formula is C14H18N4O. The van der Waals surface area contributed by atoms with Crippen LogP contribution in [0.5, 0.6) is 5.75 Å². The van der Waals surface area contributed by atoms with Gasteiger partial charge in [-0.05, 0) is 37.3 Å². The largest absolute Gasteiger partial charge is 0.497 e. The van der Waals surface area contributed by atoms with Crippen molar-refractivity contribution in [2.45, 2.75) is 13.5 Å². The Kier molecular flexibility index (Phi) is 3.97. The molecule has 0 radical (unpaired) electrons. The number of benzene rings is 1. The first-order chi connectivity index (χ1) is 9.13. The van der Waals surface area contributed by atoms with E-state index in [0.29, 0.717) is 12.5 Å². The molecule has 2 aromatic rings. The number of aryl methyl sites for hydroxylation is 1. The van der Waals surface area contributed by atoms with E-state index >= 15 is 0 Å². The normalized spacial score (nSPS) is 10.3. The van der Waals surface area contributed by atoms with Crippen LogP contribution in [0.15, 0.2) is 30.3 Å². The zero-order chi connectivity index (χ0) is 13.8. The average Bonchev–Trinajstić information content (AvgIpc) is 2.46. The minimum atomic E-state index is 0.410. The van der Waals surface area contributed by atoms with Gasteiger partial charge < -0.3 is 15.4 Å². The van der Waals surface area contributed by atoms with E-state index in [0.717, 1.165) is 22.8 Å². The SMILES string of the molecule is COc1ccc(N(C)c2nc(C)cc(CN)n2)cc1. The fourth-order valence-corrected chi connectivity index (χ4v) is 1.79. The maximum Gasteiger partial charge on any atom is 0.230 e. The van der Waals surface area contributed by atoms with Gasteiger partial charge in [-0.1, -0.05) is 0 Å². The van der Waals surface area contributed by atoms with E-state index in [1.165, 1.54) is 0 Å². The van der Waals surface area contributed by atoms with E-state index in [1.807, 2.05) is 49.2 Å². The highest BCUT2D eigenvalue weighted by Gasteiger charge is 2.09. The second-order valence-corrected chi connectivity index (χ2v) is 4.26. The average molecular weight is 258 g/mol. The molecule has 0 amide bonds. The third-order valence-electron chi connectivity index (χ3n) is 2.86. The summed E-state index contributed by atoms with van der Waals surface area (Å²) in [5.41, 5.74) is 8.38. The van der Waals surface area contributed by atoms with Gasteiger partial charge in [0.15, 0.2) is 0 Å². The number of aromatic nitrogens is 2. The molecular weight excluding hydrogens is 240 g/mol. The molecule has 0 spiro atoms. The van der Waals surface area contributed by atoms with Crippen molar-refractivity contribution < 1.29 is 4.74 Å². The smallest absolute Gasteiger partial charge is 0.230 e. The van der Waals surface area contributed by atoms with Crippen molar-refractivity contribution in [3.8, 4) is 5.75 Å². The maximum absolute atomic E-state index is 5.64. The van der Waals surface area contributed by atoms with Gasteiger partial charge in [0, 0.05) is 25.0 Å². The summed E-state index contributed by atoms with van der Waals surface area (Å²) in [5, 5.41) is 0. The monoisotopic (exact) mass is 258 g/mol. The standard InChI is InChI=1S/C14H18N4O/c1-10-8-11(9-15)17-14(16-10)18(2)12-4-6-13(19-3)7-5-12/h4-8H,9,15H2,1-3H3. The number of nitrogens with zero attached hydrogens (tertiary/aromatic N) is 3. The molecule has 5 heteroatoms. The Labute approximate surface area is 113 Å². The predicted molar refractivity (Wildman–Crippen MR) is 75.7 cm³/mol. The number of rotatable bonds is 4. The van der Waals surface area contributed by atoms with Crippen molar-refractivity contribution in [3.05, 3.63) is 41.7 Å². The van der Waals surface area contributed by atoms with Crippen LogP contribution in [0, 0.1) is 6.92 Å². The van der Waals surface area contributed by atoms with Crippen molar-refractivity contribution in [2.24, 2.45) is 5.73 Å². The molecule has 2 N–H and O–H groups in total. The van der Waals surface area contributed by atoms with Gasteiger partial charge in [-0.2, -0.15) is 0 Å². The number of ether oxygens (including phenoxy) is 1. The number of hydrogen-bond acceptors (Lipinski definition) is 5. The molecule has 2 rings (SSSR count). The lowest BCUT2D eigenvalue weighted by molar-refractivity contribution is 0.415. The van der Waals surface area contributed by atoms with E-state index in [-0.39, 0.29) is 0 Å². The van der Waals surface area contributed by atoms with Crippen molar-refractivity contribution >= 4 is 11.6 Å². The summed E-state index contributed by atoms with van der Waals surface area (Å²) in [6.45, 7) is 2.35. The molecule has 19 heavy (non-hydrogen) atoms. The second-order valence-electron chi connectivity index (χ2n) is 4.26. The number of anilines is 2. The molecule has 0 aliphatic heterocycles. The van der Waals surface area contributed by atoms with Crippen LogP contribution < -0.4 is 15.4 Å². The quantitative estimate of drug-likeness (QED) is 0.909. The van der Waals surface area contributed by atoms with Gasteiger partial charge in [-0.3, -0.25) is 0 Å². The fourth-order valence-electron chi connectivity index (χ4n) is 1.79. The summed E-state index contributed by atoms with van der Waals surface area (Å²) >= 11 is 0. The van der Waals surface area contributed by atoms with Crippen molar-refractivity contribution in [2.75, 3.05) is 19.1 Å². The highest BCUT2D eigenvalue weighted by Crippen LogP contribution is 2.23. The first-order valence-corrected chi connectivity index (χ1v) is 6.06. The highest BCUT2D eigenvalue weighted by atomic mass is 16.5. The van der Waals surface area contributed by atoms with E-state index in [1.54, 1.807) is 7.11 Å². The molecule has 0 saturated carbocycles. The summed E-state index contributed by atoms with van der Waals surface area (Å²) < 4.78 is 5.14. The fraction of sp³-hybridized carbons (Fsp3) is 0.286. The molecule has 0 unspecified atom stereocenters. The Morgan fingerprint density at radius 3 is 2.47 bits per heavy atom. The number of nitrogens with two attached hydrogens (primary N) is 1. The third kappa shape index (κ3) is 3.00. The van der Waals surface area contributed by atoms with Crippen molar-refractivity contribution in [3.63, 3.8) is 0 Å². The van der Waals surface area contributed by atoms with Crippen LogP contribution in [-0.2, 0) is 6.54 Å². The van der Waals surface area contributed by atoms with Gasteiger partial charge in [-0.15, -0.1) is 0 Å². The molecule has 1 heterocycles. The number of hydrogen-bond donors (Lipinski definition) is 1. The van der Waals surface area contributed by atoms with E-state index in [9.17, 15) is 0 Å². The van der Waals surface area contributed by atoms with Crippen LogP contribution in [0.3, 0.4) is 0 Å². The molecule has 0 bridgehead atoms. The van der Waals surface area contributed by atoms with E-state index < -0.39 is 0 Å². The van der Waals surface area contributed by atoms with Gasteiger partial charge in [0.1, 0.15) is 5.75 Å². The zero-order valence-electron chi connectivity index (χ0n) is 11.4. The van der Waals surface area contributed by atoms with Gasteiger partial charge in [-0.25, -0.2) is 9.97 Å². The van der Waals surface area contributed by atoms with Crippen LogP contribution >= 0.6 is 0 Å². The van der Waals surface area contributed by atoms with Crippen LogP contribution in [0.1, 0.15) is 11.4 Å². The van der Waals surface area contributed by atoms with Crippen molar-refractivity contribution in [1.29, 1.82) is 0 Å². The van der Waals surface area contributed by atoms with E-state index in [2.05, 4.69) is 9.97 Å². The Hall–Kier alpha value is -2.14. The first kappa shape index (κ1) is 13.3. The van der Waals surface area contributed by atoms with Gasteiger partial charge >= 0.3 is 0 Å². The van der Waals surface area contributed by atoms with Crippen LogP contribution in [-0.4, -0.2) is 24.1 Å². The predicted octanol–water partition coefficient (Wildman–Crippen LogP) is 2.02. The minimum absolute atomic E-state index is 0.410. The molecule has 0 aliphatic rings. The van der Waals surface area contributed by atoms with Crippen LogP contribution in [0.4, 0.5) is 11.6 Å². The third-order valence-corrected chi connectivity index (χ3v) is 2.86. The van der Waals surface area contributed by atoms with Gasteiger partial charge in [0.05, 0.1) is 12.8 Å². The molecule has 100 valence electrons.